The first-order valence-electron chi connectivity index (χ1n) is 5.24. The van der Waals surface area contributed by atoms with Crippen LogP contribution >= 0.6 is 27.5 Å². The molecule has 2 aromatic rings. The van der Waals surface area contributed by atoms with Crippen LogP contribution in [0.3, 0.4) is 0 Å². The topological polar surface area (TPSA) is 64.1 Å². The van der Waals surface area contributed by atoms with Gasteiger partial charge in [-0.2, -0.15) is 0 Å². The standard InChI is InChI=1S/C12H9BrClN3O2/c1-19-9-6-7(13)2-3-8(9)12(18)15-11-5-4-10(14)16-17-11/h2-6H,1H3,(H,15,17,18). The van der Waals surface area contributed by atoms with Crippen LogP contribution in [0.15, 0.2) is 34.8 Å². The van der Waals surface area contributed by atoms with Gasteiger partial charge < -0.3 is 10.1 Å². The zero-order chi connectivity index (χ0) is 13.8. The molecule has 0 unspecified atom stereocenters. The van der Waals surface area contributed by atoms with Crippen molar-refractivity contribution < 1.29 is 9.53 Å². The lowest BCUT2D eigenvalue weighted by atomic mass is 10.2. The molecule has 0 atom stereocenters. The molecule has 0 radical (unpaired) electrons. The predicted molar refractivity (Wildman–Crippen MR) is 75.7 cm³/mol. The number of rotatable bonds is 3. The van der Waals surface area contributed by atoms with Crippen LogP contribution in [0.5, 0.6) is 5.75 Å². The van der Waals surface area contributed by atoms with E-state index in [2.05, 4.69) is 31.4 Å². The molecule has 0 saturated heterocycles. The highest BCUT2D eigenvalue weighted by Crippen LogP contribution is 2.24. The Morgan fingerprint density at radius 3 is 2.74 bits per heavy atom. The fourth-order valence-electron chi connectivity index (χ4n) is 1.42. The van der Waals surface area contributed by atoms with E-state index in [9.17, 15) is 4.79 Å². The number of halogens is 2. The summed E-state index contributed by atoms with van der Waals surface area (Å²) in [5.41, 5.74) is 0.405. The summed E-state index contributed by atoms with van der Waals surface area (Å²) in [5.74, 6) is 0.453. The molecule has 19 heavy (non-hydrogen) atoms. The van der Waals surface area contributed by atoms with E-state index >= 15 is 0 Å². The van der Waals surface area contributed by atoms with Gasteiger partial charge in [-0.15, -0.1) is 10.2 Å². The first-order chi connectivity index (χ1) is 9.10. The average Bonchev–Trinajstić information content (AvgIpc) is 2.41. The normalized spacial score (nSPS) is 10.1. The van der Waals surface area contributed by atoms with E-state index in [4.69, 9.17) is 16.3 Å². The van der Waals surface area contributed by atoms with Crippen LogP contribution in [-0.2, 0) is 0 Å². The van der Waals surface area contributed by atoms with E-state index < -0.39 is 0 Å². The summed E-state index contributed by atoms with van der Waals surface area (Å²) in [6.45, 7) is 0. The van der Waals surface area contributed by atoms with Gasteiger partial charge in [0.1, 0.15) is 5.75 Å². The Hall–Kier alpha value is -1.66. The number of aromatic nitrogens is 2. The van der Waals surface area contributed by atoms with Crippen molar-refractivity contribution >= 4 is 39.3 Å². The van der Waals surface area contributed by atoms with E-state index in [1.807, 2.05) is 0 Å². The summed E-state index contributed by atoms with van der Waals surface area (Å²) >= 11 is 8.93. The Labute approximate surface area is 123 Å². The van der Waals surface area contributed by atoms with Gasteiger partial charge >= 0.3 is 0 Å². The second kappa shape index (κ2) is 5.99. The third-order valence-corrected chi connectivity index (χ3v) is 2.98. The second-order valence-corrected chi connectivity index (χ2v) is 4.84. The SMILES string of the molecule is COc1cc(Br)ccc1C(=O)Nc1ccc(Cl)nn1. The molecule has 1 amide bonds. The number of carbonyl (C=O) groups is 1. The maximum Gasteiger partial charge on any atom is 0.260 e. The number of hydrogen-bond acceptors (Lipinski definition) is 4. The molecule has 0 fully saturated rings. The highest BCUT2D eigenvalue weighted by atomic mass is 79.9. The largest absolute Gasteiger partial charge is 0.496 e. The van der Waals surface area contributed by atoms with Gasteiger partial charge in [-0.3, -0.25) is 4.79 Å². The lowest BCUT2D eigenvalue weighted by Gasteiger charge is -2.08. The van der Waals surface area contributed by atoms with Crippen LogP contribution in [0.2, 0.25) is 5.15 Å². The molecule has 5 nitrogen and oxygen atoms in total. The minimum Gasteiger partial charge on any atom is -0.496 e. The van der Waals surface area contributed by atoms with Crippen LogP contribution in [0.4, 0.5) is 5.82 Å². The molecule has 0 aliphatic heterocycles. The van der Waals surface area contributed by atoms with Gasteiger partial charge in [0.15, 0.2) is 11.0 Å². The molecule has 0 bridgehead atoms. The van der Waals surface area contributed by atoms with Crippen molar-refractivity contribution in [3.63, 3.8) is 0 Å². The number of ether oxygens (including phenoxy) is 1. The molecular formula is C12H9BrClN3O2. The lowest BCUT2D eigenvalue weighted by Crippen LogP contribution is -2.14. The number of anilines is 1. The van der Waals surface area contributed by atoms with Gasteiger partial charge in [0, 0.05) is 4.47 Å². The van der Waals surface area contributed by atoms with Crippen molar-refractivity contribution in [2.24, 2.45) is 0 Å². The fraction of sp³-hybridized carbons (Fsp3) is 0.0833. The van der Waals surface area contributed by atoms with Crippen molar-refractivity contribution in [1.29, 1.82) is 0 Å². The van der Waals surface area contributed by atoms with Gasteiger partial charge in [-0.25, -0.2) is 0 Å². The average molecular weight is 343 g/mol. The van der Waals surface area contributed by atoms with Crippen molar-refractivity contribution in [1.82, 2.24) is 10.2 Å². The zero-order valence-corrected chi connectivity index (χ0v) is 12.2. The molecule has 1 aromatic heterocycles. The number of nitrogens with zero attached hydrogens (tertiary/aromatic N) is 2. The summed E-state index contributed by atoms with van der Waals surface area (Å²) in [6.07, 6.45) is 0. The van der Waals surface area contributed by atoms with E-state index in [1.54, 1.807) is 30.3 Å². The summed E-state index contributed by atoms with van der Waals surface area (Å²) in [6, 6.07) is 8.23. The first-order valence-corrected chi connectivity index (χ1v) is 6.41. The van der Waals surface area contributed by atoms with Crippen LogP contribution in [0.25, 0.3) is 0 Å². The number of carbonyl (C=O) groups excluding carboxylic acids is 1. The second-order valence-electron chi connectivity index (χ2n) is 3.54. The van der Waals surface area contributed by atoms with E-state index in [0.29, 0.717) is 17.1 Å². The van der Waals surface area contributed by atoms with Gasteiger partial charge in [0.2, 0.25) is 0 Å². The minimum absolute atomic E-state index is 0.263. The Kier molecular flexibility index (Phi) is 4.34. The minimum atomic E-state index is -0.332. The summed E-state index contributed by atoms with van der Waals surface area (Å²) in [7, 11) is 1.50. The zero-order valence-electron chi connectivity index (χ0n) is 9.85. The Balaban J connectivity index is 2.22. The van der Waals surface area contributed by atoms with Crippen LogP contribution in [-0.4, -0.2) is 23.2 Å². The summed E-state index contributed by atoms with van der Waals surface area (Å²) in [4.78, 5) is 12.1. The predicted octanol–water partition coefficient (Wildman–Crippen LogP) is 3.15. The third-order valence-electron chi connectivity index (χ3n) is 2.28. The highest BCUT2D eigenvalue weighted by molar-refractivity contribution is 9.10. The van der Waals surface area contributed by atoms with Gasteiger partial charge in [0.05, 0.1) is 12.7 Å². The number of nitrogens with one attached hydrogen (secondary N) is 1. The molecule has 1 heterocycles. The number of hydrogen-bond donors (Lipinski definition) is 1. The molecule has 1 aromatic carbocycles. The third kappa shape index (κ3) is 3.42. The maximum absolute atomic E-state index is 12.1. The number of amides is 1. The maximum atomic E-state index is 12.1. The van der Waals surface area contributed by atoms with E-state index in [-0.39, 0.29) is 11.1 Å². The monoisotopic (exact) mass is 341 g/mol. The molecular weight excluding hydrogens is 334 g/mol. The molecule has 0 saturated carbocycles. The van der Waals surface area contributed by atoms with Crippen LogP contribution < -0.4 is 10.1 Å². The number of benzene rings is 1. The molecule has 1 N–H and O–H groups in total. The van der Waals surface area contributed by atoms with Gasteiger partial charge in [0.25, 0.3) is 5.91 Å². The molecule has 7 heteroatoms. The quantitative estimate of drug-likeness (QED) is 0.930. The molecule has 98 valence electrons. The van der Waals surface area contributed by atoms with Crippen LogP contribution in [0, 0.1) is 0 Å². The fourth-order valence-corrected chi connectivity index (χ4v) is 1.86. The molecule has 0 aliphatic carbocycles. The lowest BCUT2D eigenvalue weighted by molar-refractivity contribution is 0.102. The summed E-state index contributed by atoms with van der Waals surface area (Å²) in [5, 5.41) is 10.3. The Morgan fingerprint density at radius 2 is 2.11 bits per heavy atom. The molecule has 0 aliphatic rings. The Morgan fingerprint density at radius 1 is 1.32 bits per heavy atom. The first kappa shape index (κ1) is 13.8. The van der Waals surface area contributed by atoms with Crippen molar-refractivity contribution in [2.75, 3.05) is 12.4 Å². The van der Waals surface area contributed by atoms with E-state index in [0.717, 1.165) is 4.47 Å². The smallest absolute Gasteiger partial charge is 0.260 e. The van der Waals surface area contributed by atoms with Crippen molar-refractivity contribution in [2.45, 2.75) is 0 Å². The summed E-state index contributed by atoms with van der Waals surface area (Å²) < 4.78 is 5.98. The molecule has 2 rings (SSSR count). The van der Waals surface area contributed by atoms with Crippen molar-refractivity contribution in [3.8, 4) is 5.75 Å². The molecule has 0 spiro atoms. The number of methoxy groups -OCH3 is 1. The van der Waals surface area contributed by atoms with Crippen LogP contribution in [0.1, 0.15) is 10.4 Å². The van der Waals surface area contributed by atoms with Gasteiger partial charge in [-0.1, -0.05) is 27.5 Å². The Bertz CT molecular complexity index is 604. The van der Waals surface area contributed by atoms with Crippen molar-refractivity contribution in [3.05, 3.63) is 45.5 Å². The highest BCUT2D eigenvalue weighted by Gasteiger charge is 2.13. The van der Waals surface area contributed by atoms with E-state index in [1.165, 1.54) is 7.11 Å². The van der Waals surface area contributed by atoms with Gasteiger partial charge in [-0.05, 0) is 30.3 Å².